The van der Waals surface area contributed by atoms with Gasteiger partial charge in [-0.2, -0.15) is 0 Å². The van der Waals surface area contributed by atoms with E-state index in [1.165, 1.54) is 56.9 Å². The summed E-state index contributed by atoms with van der Waals surface area (Å²) in [5, 5.41) is 13.0. The quantitative estimate of drug-likeness (QED) is 0.411. The summed E-state index contributed by atoms with van der Waals surface area (Å²) in [4.78, 5) is 27.2. The van der Waals surface area contributed by atoms with E-state index in [0.29, 0.717) is 33.6 Å². The number of rotatable bonds is 8. The van der Waals surface area contributed by atoms with Gasteiger partial charge in [0.25, 0.3) is 11.6 Å². The van der Waals surface area contributed by atoms with Gasteiger partial charge in [0.1, 0.15) is 0 Å². The molecule has 0 saturated heterocycles. The topological polar surface area (TPSA) is 125 Å². The van der Waals surface area contributed by atoms with E-state index >= 15 is 0 Å². The SMILES string of the molecule is COc1cc(C(=O)NNc2nc(-c3ccc([N+](=O)[O-])cc3)cs2)cc(OC)c1OC. The number of nitro benzene ring substituents is 1. The minimum absolute atomic E-state index is 0.00457. The second-order valence-corrected chi connectivity index (χ2v) is 6.69. The first kappa shape index (κ1) is 20.9. The lowest BCUT2D eigenvalue weighted by Gasteiger charge is -2.14. The first-order valence-corrected chi connectivity index (χ1v) is 9.41. The van der Waals surface area contributed by atoms with E-state index in [2.05, 4.69) is 15.8 Å². The van der Waals surface area contributed by atoms with E-state index in [9.17, 15) is 14.9 Å². The molecule has 0 radical (unpaired) electrons. The zero-order valence-electron chi connectivity index (χ0n) is 16.3. The molecule has 0 saturated carbocycles. The zero-order valence-corrected chi connectivity index (χ0v) is 17.1. The molecule has 2 N–H and O–H groups in total. The van der Waals surface area contributed by atoms with Crippen molar-refractivity contribution >= 4 is 28.1 Å². The molecule has 0 unspecified atom stereocenters. The first-order valence-electron chi connectivity index (χ1n) is 8.53. The van der Waals surface area contributed by atoms with E-state index in [1.807, 2.05) is 0 Å². The number of hydrogen-bond acceptors (Lipinski definition) is 9. The number of nitrogens with one attached hydrogen (secondary N) is 2. The second-order valence-electron chi connectivity index (χ2n) is 5.84. The van der Waals surface area contributed by atoms with Crippen molar-refractivity contribution in [1.82, 2.24) is 10.4 Å². The monoisotopic (exact) mass is 430 g/mol. The minimum Gasteiger partial charge on any atom is -0.493 e. The van der Waals surface area contributed by atoms with Gasteiger partial charge in [0, 0.05) is 28.6 Å². The van der Waals surface area contributed by atoms with Gasteiger partial charge in [-0.25, -0.2) is 4.98 Å². The molecule has 11 heteroatoms. The lowest BCUT2D eigenvalue weighted by atomic mass is 10.1. The highest BCUT2D eigenvalue weighted by Gasteiger charge is 2.17. The summed E-state index contributed by atoms with van der Waals surface area (Å²) in [5.74, 6) is 0.673. The summed E-state index contributed by atoms with van der Waals surface area (Å²) in [6.07, 6.45) is 0. The summed E-state index contributed by atoms with van der Waals surface area (Å²) in [5.41, 5.74) is 6.96. The number of anilines is 1. The fourth-order valence-electron chi connectivity index (χ4n) is 2.61. The maximum absolute atomic E-state index is 12.5. The van der Waals surface area contributed by atoms with Crippen LogP contribution in [0.15, 0.2) is 41.8 Å². The van der Waals surface area contributed by atoms with E-state index < -0.39 is 10.8 Å². The number of amides is 1. The Morgan fingerprint density at radius 3 is 2.23 bits per heavy atom. The highest BCUT2D eigenvalue weighted by molar-refractivity contribution is 7.14. The molecular weight excluding hydrogens is 412 g/mol. The molecule has 1 aromatic heterocycles. The number of ether oxygens (including phenoxy) is 3. The number of nitrogens with zero attached hydrogens (tertiary/aromatic N) is 2. The third-order valence-corrected chi connectivity index (χ3v) is 4.85. The van der Waals surface area contributed by atoms with Crippen LogP contribution in [0.1, 0.15) is 10.4 Å². The van der Waals surface area contributed by atoms with Gasteiger partial charge in [-0.05, 0) is 24.3 Å². The van der Waals surface area contributed by atoms with Crippen LogP contribution in [0.3, 0.4) is 0 Å². The molecule has 0 spiro atoms. The van der Waals surface area contributed by atoms with Crippen molar-refractivity contribution in [3.8, 4) is 28.5 Å². The smallest absolute Gasteiger partial charge is 0.269 e. The van der Waals surface area contributed by atoms with Gasteiger partial charge in [-0.1, -0.05) is 0 Å². The fraction of sp³-hybridized carbons (Fsp3) is 0.158. The minimum atomic E-state index is -0.462. The number of carbonyl (C=O) groups is 1. The summed E-state index contributed by atoms with van der Waals surface area (Å²) >= 11 is 1.27. The Balaban J connectivity index is 1.70. The number of hydrogen-bond donors (Lipinski definition) is 2. The predicted molar refractivity (Wildman–Crippen MR) is 111 cm³/mol. The summed E-state index contributed by atoms with van der Waals surface area (Å²) in [6, 6.07) is 9.12. The molecule has 1 amide bonds. The first-order chi connectivity index (χ1) is 14.5. The van der Waals surface area contributed by atoms with Gasteiger partial charge in [0.2, 0.25) is 10.9 Å². The molecule has 156 valence electrons. The number of thiazole rings is 1. The predicted octanol–water partition coefficient (Wildman–Crippen LogP) is 3.50. The molecule has 0 aliphatic carbocycles. The van der Waals surface area contributed by atoms with Crippen LogP contribution in [-0.2, 0) is 0 Å². The highest BCUT2D eigenvalue weighted by atomic mass is 32.1. The van der Waals surface area contributed by atoms with Crippen molar-refractivity contribution in [1.29, 1.82) is 0 Å². The summed E-state index contributed by atoms with van der Waals surface area (Å²) in [7, 11) is 4.41. The highest BCUT2D eigenvalue weighted by Crippen LogP contribution is 2.38. The second kappa shape index (κ2) is 9.09. The standard InChI is InChI=1S/C19H18N4O6S/c1-27-15-8-12(9-16(28-2)17(15)29-3)18(24)21-22-19-20-14(10-30-19)11-4-6-13(7-5-11)23(25)26/h4-10H,1-3H3,(H,20,22)(H,21,24). The average Bonchev–Trinajstić information content (AvgIpc) is 3.25. The average molecular weight is 430 g/mol. The van der Waals surface area contributed by atoms with Crippen molar-refractivity contribution in [3.05, 3.63) is 57.5 Å². The number of nitro groups is 1. The normalized spacial score (nSPS) is 10.2. The lowest BCUT2D eigenvalue weighted by molar-refractivity contribution is -0.384. The van der Waals surface area contributed by atoms with Gasteiger partial charge in [0.05, 0.1) is 31.9 Å². The lowest BCUT2D eigenvalue weighted by Crippen LogP contribution is -2.29. The third-order valence-electron chi connectivity index (χ3n) is 4.09. The molecule has 1 heterocycles. The third kappa shape index (κ3) is 4.41. The van der Waals surface area contributed by atoms with Crippen LogP contribution < -0.4 is 25.1 Å². The molecule has 30 heavy (non-hydrogen) atoms. The van der Waals surface area contributed by atoms with Crippen LogP contribution >= 0.6 is 11.3 Å². The van der Waals surface area contributed by atoms with Crippen LogP contribution in [0.5, 0.6) is 17.2 Å². The van der Waals surface area contributed by atoms with Gasteiger partial charge in [-0.15, -0.1) is 11.3 Å². The number of aromatic nitrogens is 1. The van der Waals surface area contributed by atoms with Crippen LogP contribution in [0.4, 0.5) is 10.8 Å². The maximum atomic E-state index is 12.5. The van der Waals surface area contributed by atoms with Crippen LogP contribution in [0.25, 0.3) is 11.3 Å². The summed E-state index contributed by atoms with van der Waals surface area (Å²) < 4.78 is 15.7. The maximum Gasteiger partial charge on any atom is 0.269 e. The fourth-order valence-corrected chi connectivity index (χ4v) is 3.29. The van der Waals surface area contributed by atoms with Crippen LogP contribution in [0.2, 0.25) is 0 Å². The molecule has 3 aromatic rings. The van der Waals surface area contributed by atoms with Crippen molar-refractivity contribution in [2.24, 2.45) is 0 Å². The Kier molecular flexibility index (Phi) is 6.32. The molecule has 2 aromatic carbocycles. The molecule has 0 atom stereocenters. The largest absolute Gasteiger partial charge is 0.493 e. The van der Waals surface area contributed by atoms with Gasteiger partial charge in [0.15, 0.2) is 11.5 Å². The Morgan fingerprint density at radius 2 is 1.70 bits per heavy atom. The molecule has 0 aliphatic heterocycles. The van der Waals surface area contributed by atoms with Crippen LogP contribution in [0, 0.1) is 10.1 Å². The molecule has 0 aliphatic rings. The van der Waals surface area contributed by atoms with Crippen molar-refractivity contribution in [3.63, 3.8) is 0 Å². The summed E-state index contributed by atoms with van der Waals surface area (Å²) in [6.45, 7) is 0. The Hall–Kier alpha value is -3.86. The molecular formula is C19H18N4O6S. The van der Waals surface area contributed by atoms with Gasteiger partial charge < -0.3 is 14.2 Å². The van der Waals surface area contributed by atoms with Crippen molar-refractivity contribution in [2.75, 3.05) is 26.8 Å². The molecule has 0 bridgehead atoms. The Bertz CT molecular complexity index is 1040. The van der Waals surface area contributed by atoms with E-state index in [-0.39, 0.29) is 5.69 Å². The Labute approximate surface area is 175 Å². The van der Waals surface area contributed by atoms with E-state index in [0.717, 1.165) is 5.56 Å². The number of methoxy groups -OCH3 is 3. The van der Waals surface area contributed by atoms with Crippen molar-refractivity contribution in [2.45, 2.75) is 0 Å². The zero-order chi connectivity index (χ0) is 21.7. The van der Waals surface area contributed by atoms with Gasteiger partial charge in [-0.3, -0.25) is 25.8 Å². The van der Waals surface area contributed by atoms with Gasteiger partial charge >= 0.3 is 0 Å². The molecule has 10 nitrogen and oxygen atoms in total. The van der Waals surface area contributed by atoms with Crippen molar-refractivity contribution < 1.29 is 23.9 Å². The number of carbonyl (C=O) groups excluding carboxylic acids is 1. The Morgan fingerprint density at radius 1 is 1.07 bits per heavy atom. The van der Waals surface area contributed by atoms with E-state index in [4.69, 9.17) is 14.2 Å². The van der Waals surface area contributed by atoms with Crippen LogP contribution in [-0.4, -0.2) is 37.1 Å². The number of benzene rings is 2. The van der Waals surface area contributed by atoms with E-state index in [1.54, 1.807) is 17.5 Å². The molecule has 0 fully saturated rings. The number of non-ortho nitro benzene ring substituents is 1. The molecule has 3 rings (SSSR count). The number of hydrazine groups is 1.